The van der Waals surface area contributed by atoms with Gasteiger partial charge in [-0.25, -0.2) is 0 Å². The van der Waals surface area contributed by atoms with Crippen LogP contribution in [0, 0.1) is 40.9 Å². The number of esters is 1. The molecular formula is C25H44O4. The molecule has 0 aromatic carbocycles. The molecule has 0 radical (unpaired) electrons. The van der Waals surface area contributed by atoms with Crippen LogP contribution in [-0.2, 0) is 14.3 Å². The molecule has 4 unspecified atom stereocenters. The normalized spacial score (nSPS) is 32.0. The van der Waals surface area contributed by atoms with Crippen molar-refractivity contribution in [2.45, 2.75) is 105 Å². The van der Waals surface area contributed by atoms with Crippen LogP contribution in [0.2, 0.25) is 0 Å². The minimum Gasteiger partial charge on any atom is -0.481 e. The number of carboxylic acids is 1. The molecule has 2 aliphatic carbocycles. The van der Waals surface area contributed by atoms with E-state index < -0.39 is 17.8 Å². The van der Waals surface area contributed by atoms with Gasteiger partial charge in [0.1, 0.15) is 6.10 Å². The first kappa shape index (κ1) is 24.2. The van der Waals surface area contributed by atoms with Crippen molar-refractivity contribution in [2.75, 3.05) is 0 Å². The zero-order valence-corrected chi connectivity index (χ0v) is 19.6. The maximum atomic E-state index is 13.2. The highest BCUT2D eigenvalue weighted by Crippen LogP contribution is 2.41. The Labute approximate surface area is 178 Å². The van der Waals surface area contributed by atoms with Crippen molar-refractivity contribution in [3.63, 3.8) is 0 Å². The van der Waals surface area contributed by atoms with Crippen LogP contribution in [-0.4, -0.2) is 23.1 Å². The summed E-state index contributed by atoms with van der Waals surface area (Å²) >= 11 is 0. The van der Waals surface area contributed by atoms with Gasteiger partial charge in [0.25, 0.3) is 0 Å². The second-order valence-corrected chi connectivity index (χ2v) is 11.0. The van der Waals surface area contributed by atoms with Crippen molar-refractivity contribution >= 4 is 11.9 Å². The van der Waals surface area contributed by atoms with Crippen LogP contribution in [0.3, 0.4) is 0 Å². The smallest absolute Gasteiger partial charge is 0.310 e. The standard InChI is InChI=1S/C25H44O4/c1-7-25(5,6)15-21(19-13-11-18(12-14-19)16(2)3)29-24(28)20-10-8-9-17(4)22(20)23(26)27/h16-22H,7-15H2,1-6H3,(H,26,27). The van der Waals surface area contributed by atoms with E-state index in [2.05, 4.69) is 34.6 Å². The summed E-state index contributed by atoms with van der Waals surface area (Å²) in [5.74, 6) is -0.270. The second-order valence-electron chi connectivity index (χ2n) is 11.0. The molecule has 29 heavy (non-hydrogen) atoms. The number of hydrogen-bond acceptors (Lipinski definition) is 3. The molecule has 2 rings (SSSR count). The minimum atomic E-state index is -0.845. The third-order valence-corrected chi connectivity index (χ3v) is 8.07. The summed E-state index contributed by atoms with van der Waals surface area (Å²) < 4.78 is 6.19. The highest BCUT2D eigenvalue weighted by Gasteiger charge is 2.43. The van der Waals surface area contributed by atoms with Gasteiger partial charge in [-0.3, -0.25) is 9.59 Å². The second kappa shape index (κ2) is 10.3. The average Bonchev–Trinajstić information content (AvgIpc) is 2.66. The fraction of sp³-hybridized carbons (Fsp3) is 0.920. The van der Waals surface area contributed by atoms with E-state index in [9.17, 15) is 14.7 Å². The maximum Gasteiger partial charge on any atom is 0.310 e. The molecule has 2 fully saturated rings. The molecule has 2 saturated carbocycles. The minimum absolute atomic E-state index is 0.0332. The molecule has 0 bridgehead atoms. The Balaban J connectivity index is 2.12. The van der Waals surface area contributed by atoms with Gasteiger partial charge in [-0.15, -0.1) is 0 Å². The van der Waals surface area contributed by atoms with Gasteiger partial charge in [0.15, 0.2) is 0 Å². The van der Waals surface area contributed by atoms with E-state index in [4.69, 9.17) is 4.74 Å². The quantitative estimate of drug-likeness (QED) is 0.477. The Hall–Kier alpha value is -1.06. The van der Waals surface area contributed by atoms with Crippen molar-refractivity contribution < 1.29 is 19.4 Å². The average molecular weight is 409 g/mol. The molecule has 0 heterocycles. The van der Waals surface area contributed by atoms with Gasteiger partial charge in [0.2, 0.25) is 0 Å². The van der Waals surface area contributed by atoms with Crippen molar-refractivity contribution in [3.8, 4) is 0 Å². The zero-order chi connectivity index (χ0) is 21.8. The van der Waals surface area contributed by atoms with Crippen molar-refractivity contribution in [1.82, 2.24) is 0 Å². The van der Waals surface area contributed by atoms with Crippen LogP contribution < -0.4 is 0 Å². The third-order valence-electron chi connectivity index (χ3n) is 8.07. The van der Waals surface area contributed by atoms with Crippen LogP contribution in [0.25, 0.3) is 0 Å². The third kappa shape index (κ3) is 6.46. The van der Waals surface area contributed by atoms with Gasteiger partial charge in [-0.1, -0.05) is 54.4 Å². The predicted molar refractivity (Wildman–Crippen MR) is 116 cm³/mol. The molecule has 4 heteroatoms. The molecule has 0 aromatic heterocycles. The first-order valence-corrected chi connectivity index (χ1v) is 12.0. The lowest BCUT2D eigenvalue weighted by Crippen LogP contribution is -2.42. The van der Waals surface area contributed by atoms with Crippen molar-refractivity contribution in [2.24, 2.45) is 40.9 Å². The summed E-state index contributed by atoms with van der Waals surface area (Å²) in [5, 5.41) is 9.71. The lowest BCUT2D eigenvalue weighted by molar-refractivity contribution is -0.170. The molecular weight excluding hydrogens is 364 g/mol. The Morgan fingerprint density at radius 3 is 2.14 bits per heavy atom. The summed E-state index contributed by atoms with van der Waals surface area (Å²) in [4.78, 5) is 25.0. The lowest BCUT2D eigenvalue weighted by atomic mass is 9.71. The molecule has 0 saturated heterocycles. The summed E-state index contributed by atoms with van der Waals surface area (Å²) in [7, 11) is 0. The van der Waals surface area contributed by atoms with Crippen LogP contribution in [0.5, 0.6) is 0 Å². The fourth-order valence-electron chi connectivity index (χ4n) is 5.51. The highest BCUT2D eigenvalue weighted by molar-refractivity contribution is 5.81. The zero-order valence-electron chi connectivity index (χ0n) is 19.6. The van der Waals surface area contributed by atoms with Crippen molar-refractivity contribution in [1.29, 1.82) is 0 Å². The largest absolute Gasteiger partial charge is 0.481 e. The number of ether oxygens (including phenoxy) is 1. The molecule has 1 N–H and O–H groups in total. The number of rotatable bonds is 8. The molecule has 4 atom stereocenters. The summed E-state index contributed by atoms with van der Waals surface area (Å²) in [6, 6.07) is 0. The monoisotopic (exact) mass is 408 g/mol. The first-order chi connectivity index (χ1) is 13.6. The van der Waals surface area contributed by atoms with Gasteiger partial charge >= 0.3 is 11.9 Å². The number of carbonyl (C=O) groups excluding carboxylic acids is 1. The molecule has 0 aliphatic heterocycles. The van der Waals surface area contributed by atoms with Crippen LogP contribution in [0.4, 0.5) is 0 Å². The fourth-order valence-corrected chi connectivity index (χ4v) is 5.51. The van der Waals surface area contributed by atoms with E-state index in [0.29, 0.717) is 18.3 Å². The van der Waals surface area contributed by atoms with E-state index >= 15 is 0 Å². The number of aliphatic carboxylic acids is 1. The molecule has 0 aromatic rings. The SMILES string of the molecule is CCC(C)(C)CC(OC(=O)C1CCCC(C)C1C(=O)O)C1CCC(C(C)C)CC1. The van der Waals surface area contributed by atoms with Gasteiger partial charge < -0.3 is 9.84 Å². The summed E-state index contributed by atoms with van der Waals surface area (Å²) in [6.07, 6.45) is 8.91. The predicted octanol–water partition coefficient (Wildman–Crippen LogP) is 6.32. The van der Waals surface area contributed by atoms with Gasteiger partial charge in [-0.05, 0) is 74.0 Å². The van der Waals surface area contributed by atoms with E-state index in [1.807, 2.05) is 6.92 Å². The number of carbonyl (C=O) groups is 2. The topological polar surface area (TPSA) is 63.6 Å². The van der Waals surface area contributed by atoms with Gasteiger partial charge in [0.05, 0.1) is 11.8 Å². The number of hydrogen-bond donors (Lipinski definition) is 1. The first-order valence-electron chi connectivity index (χ1n) is 12.0. The van der Waals surface area contributed by atoms with E-state index in [1.54, 1.807) is 0 Å². The Kier molecular flexibility index (Phi) is 8.60. The molecule has 168 valence electrons. The van der Waals surface area contributed by atoms with E-state index in [0.717, 1.165) is 44.4 Å². The van der Waals surface area contributed by atoms with Crippen molar-refractivity contribution in [3.05, 3.63) is 0 Å². The highest BCUT2D eigenvalue weighted by atomic mass is 16.5. The Morgan fingerprint density at radius 1 is 1.03 bits per heavy atom. The van der Waals surface area contributed by atoms with E-state index in [-0.39, 0.29) is 23.4 Å². The summed E-state index contributed by atoms with van der Waals surface area (Å²) in [6.45, 7) is 13.3. The van der Waals surface area contributed by atoms with Crippen LogP contribution in [0.15, 0.2) is 0 Å². The molecule has 2 aliphatic rings. The van der Waals surface area contributed by atoms with Crippen LogP contribution in [0.1, 0.15) is 99.3 Å². The van der Waals surface area contributed by atoms with E-state index in [1.165, 1.54) is 12.8 Å². The van der Waals surface area contributed by atoms with Crippen LogP contribution >= 0.6 is 0 Å². The Bertz CT molecular complexity index is 545. The Morgan fingerprint density at radius 2 is 1.62 bits per heavy atom. The number of carboxylic acid groups (broad SMARTS) is 1. The molecule has 0 amide bonds. The lowest BCUT2D eigenvalue weighted by Gasteiger charge is -2.39. The maximum absolute atomic E-state index is 13.2. The molecule has 0 spiro atoms. The molecule has 4 nitrogen and oxygen atoms in total. The summed E-state index contributed by atoms with van der Waals surface area (Å²) in [5.41, 5.74) is 0.117. The van der Waals surface area contributed by atoms with Gasteiger partial charge in [-0.2, -0.15) is 0 Å². The van der Waals surface area contributed by atoms with Gasteiger partial charge in [0, 0.05) is 0 Å².